The summed E-state index contributed by atoms with van der Waals surface area (Å²) >= 11 is 0. The van der Waals surface area contributed by atoms with Crippen molar-refractivity contribution in [1.29, 1.82) is 0 Å². The molecule has 4 aromatic heterocycles. The largest absolute Gasteiger partial charge is 0.310 e. The number of aromatic nitrogens is 6. The van der Waals surface area contributed by atoms with Crippen molar-refractivity contribution in [3.63, 3.8) is 0 Å². The van der Waals surface area contributed by atoms with E-state index in [4.69, 9.17) is 15.0 Å². The molecule has 2 unspecified atom stereocenters. The van der Waals surface area contributed by atoms with Crippen LogP contribution >= 0.6 is 0 Å². The number of fused-ring (bicyclic) bond motifs is 8. The topological polar surface area (TPSA) is 70.5 Å². The summed E-state index contributed by atoms with van der Waals surface area (Å²) in [5, 5.41) is 5.08. The molecule has 0 bridgehead atoms. The van der Waals surface area contributed by atoms with Crippen LogP contribution in [0.4, 0.5) is 0 Å². The summed E-state index contributed by atoms with van der Waals surface area (Å²) in [4.78, 5) is 31.1. The van der Waals surface area contributed by atoms with E-state index in [1.54, 1.807) is 0 Å². The van der Waals surface area contributed by atoms with Crippen LogP contribution in [0.1, 0.15) is 31.5 Å². The molecule has 6 aromatic carbocycles. The molecule has 12 rings (SSSR count). The Kier molecular flexibility index (Phi) is 8.25. The van der Waals surface area contributed by atoms with E-state index in [2.05, 4.69) is 116 Å². The van der Waals surface area contributed by atoms with Crippen molar-refractivity contribution in [3.8, 4) is 40.1 Å². The zero-order valence-electron chi connectivity index (χ0n) is 35.0. The Hall–Kier alpha value is -7.90. The van der Waals surface area contributed by atoms with Gasteiger partial charge in [-0.2, -0.15) is 9.97 Å². The highest BCUT2D eigenvalue weighted by Crippen LogP contribution is 2.52. The standard InChI is InChI=1S/C56H42N6O/c1-55(33-31-47-43(35-55)41-27-15-17-29-45(41)60(47)39-23-11-5-12-24-39)56(2)34-32-48-44(36-56)49-42-28-16-18-30-46(42)61(40-25-13-6-14-26-40)53(63)50(49)62(48)54-58-51(37-19-7-3-8-20-37)57-52(59-54)38-21-9-4-10-22-38/h3-33,36H,34-35H2,1-2H3. The molecule has 0 aliphatic heterocycles. The van der Waals surface area contributed by atoms with Crippen molar-refractivity contribution in [1.82, 2.24) is 28.7 Å². The van der Waals surface area contributed by atoms with Gasteiger partial charge in [-0.25, -0.2) is 4.98 Å². The summed E-state index contributed by atoms with van der Waals surface area (Å²) in [6.07, 6.45) is 11.2. The van der Waals surface area contributed by atoms with Crippen LogP contribution in [0.5, 0.6) is 0 Å². The second-order valence-electron chi connectivity index (χ2n) is 17.3. The van der Waals surface area contributed by atoms with Gasteiger partial charge in [0.15, 0.2) is 11.6 Å². The van der Waals surface area contributed by atoms with E-state index in [9.17, 15) is 0 Å². The van der Waals surface area contributed by atoms with Crippen molar-refractivity contribution < 1.29 is 0 Å². The Morgan fingerprint density at radius 1 is 0.540 bits per heavy atom. The molecule has 2 atom stereocenters. The van der Waals surface area contributed by atoms with Gasteiger partial charge in [0.1, 0.15) is 5.52 Å². The van der Waals surface area contributed by atoms with Gasteiger partial charge in [-0.1, -0.05) is 166 Å². The summed E-state index contributed by atoms with van der Waals surface area (Å²) in [7, 11) is 0. The third kappa shape index (κ3) is 5.66. The van der Waals surface area contributed by atoms with Crippen LogP contribution in [0, 0.1) is 10.8 Å². The van der Waals surface area contributed by atoms with Crippen LogP contribution in [0.3, 0.4) is 0 Å². The molecule has 0 fully saturated rings. The molecule has 63 heavy (non-hydrogen) atoms. The number of para-hydroxylation sites is 4. The molecular weight excluding hydrogens is 773 g/mol. The maximum absolute atomic E-state index is 15.6. The molecule has 4 heterocycles. The van der Waals surface area contributed by atoms with Crippen molar-refractivity contribution in [2.24, 2.45) is 10.8 Å². The lowest BCUT2D eigenvalue weighted by Crippen LogP contribution is -2.44. The highest BCUT2D eigenvalue weighted by atomic mass is 16.1. The van der Waals surface area contributed by atoms with Crippen LogP contribution in [0.25, 0.3) is 91.0 Å². The highest BCUT2D eigenvalue weighted by Gasteiger charge is 2.45. The molecule has 0 saturated heterocycles. The van der Waals surface area contributed by atoms with Gasteiger partial charge in [-0.3, -0.25) is 13.9 Å². The minimum absolute atomic E-state index is 0.141. The molecule has 0 N–H and O–H groups in total. The van der Waals surface area contributed by atoms with Crippen LogP contribution in [0.2, 0.25) is 0 Å². The first-order valence-corrected chi connectivity index (χ1v) is 21.6. The minimum Gasteiger partial charge on any atom is -0.310 e. The van der Waals surface area contributed by atoms with Gasteiger partial charge in [0.2, 0.25) is 5.95 Å². The number of hydrogen-bond acceptors (Lipinski definition) is 4. The number of nitrogens with zero attached hydrogens (tertiary/aromatic N) is 6. The fourth-order valence-corrected chi connectivity index (χ4v) is 10.2. The van der Waals surface area contributed by atoms with E-state index < -0.39 is 0 Å². The molecule has 0 amide bonds. The predicted molar refractivity (Wildman–Crippen MR) is 256 cm³/mol. The van der Waals surface area contributed by atoms with Gasteiger partial charge in [0.25, 0.3) is 5.56 Å². The Morgan fingerprint density at radius 3 is 1.68 bits per heavy atom. The smallest absolute Gasteiger partial charge is 0.280 e. The van der Waals surface area contributed by atoms with Gasteiger partial charge in [0.05, 0.1) is 16.4 Å². The predicted octanol–water partition coefficient (Wildman–Crippen LogP) is 10.6. The first-order valence-electron chi connectivity index (χ1n) is 21.6. The molecule has 302 valence electrons. The highest BCUT2D eigenvalue weighted by molar-refractivity contribution is 6.07. The normalized spacial score (nSPS) is 17.9. The van der Waals surface area contributed by atoms with Crippen LogP contribution in [-0.4, -0.2) is 28.7 Å². The van der Waals surface area contributed by atoms with Crippen molar-refractivity contribution >= 4 is 50.9 Å². The van der Waals surface area contributed by atoms with Crippen LogP contribution in [0.15, 0.2) is 181 Å². The molecule has 7 nitrogen and oxygen atoms in total. The summed E-state index contributed by atoms with van der Waals surface area (Å²) in [5.74, 6) is 1.47. The Labute approximate surface area is 363 Å². The number of benzene rings is 6. The lowest BCUT2D eigenvalue weighted by atomic mass is 9.58. The first-order chi connectivity index (χ1) is 30.9. The van der Waals surface area contributed by atoms with Crippen LogP contribution in [-0.2, 0) is 6.42 Å². The molecule has 10 aromatic rings. The maximum atomic E-state index is 15.6. The summed E-state index contributed by atoms with van der Waals surface area (Å²) in [6.45, 7) is 4.79. The van der Waals surface area contributed by atoms with E-state index >= 15 is 4.79 Å². The van der Waals surface area contributed by atoms with Gasteiger partial charge in [-0.05, 0) is 71.7 Å². The number of allylic oxidation sites excluding steroid dienone is 1. The van der Waals surface area contributed by atoms with Crippen molar-refractivity contribution in [3.05, 3.63) is 208 Å². The van der Waals surface area contributed by atoms with E-state index in [0.29, 0.717) is 23.1 Å². The maximum Gasteiger partial charge on any atom is 0.280 e. The molecule has 2 aliphatic carbocycles. The number of hydrogen-bond donors (Lipinski definition) is 0. The van der Waals surface area contributed by atoms with Crippen molar-refractivity contribution in [2.45, 2.75) is 26.7 Å². The lowest BCUT2D eigenvalue weighted by Gasteiger charge is -2.45. The third-order valence-electron chi connectivity index (χ3n) is 13.6. The number of rotatable bonds is 6. The molecular formula is C56H42N6O. The summed E-state index contributed by atoms with van der Waals surface area (Å²) in [6, 6.07) is 57.6. The zero-order valence-corrected chi connectivity index (χ0v) is 35.0. The third-order valence-corrected chi connectivity index (χ3v) is 13.6. The van der Waals surface area contributed by atoms with E-state index in [1.165, 1.54) is 22.2 Å². The van der Waals surface area contributed by atoms with Gasteiger partial charge in [0, 0.05) is 49.6 Å². The van der Waals surface area contributed by atoms with E-state index in [0.717, 1.165) is 62.2 Å². The van der Waals surface area contributed by atoms with Crippen molar-refractivity contribution in [2.75, 3.05) is 0 Å². The first kappa shape index (κ1) is 36.9. The number of pyridine rings is 1. The average Bonchev–Trinajstić information content (AvgIpc) is 3.85. The molecule has 0 spiro atoms. The molecule has 0 saturated carbocycles. The van der Waals surface area contributed by atoms with Gasteiger partial charge < -0.3 is 4.57 Å². The molecule has 7 heteroatoms. The average molecular weight is 815 g/mol. The molecule has 2 aliphatic rings. The Bertz CT molecular complexity index is 3610. The summed E-state index contributed by atoms with van der Waals surface area (Å²) in [5.41, 5.74) is 8.07. The SMILES string of the molecule is CC1(C2(C)C=Cc3c(c4ccccc4n3-c3ccccc3)C2)C=c2c(n(-c3nc(-c4ccccc4)nc(-c4ccccc4)n3)c3c(=O)n(-c4ccccc4)c4ccccc4c23)=CC1. The van der Waals surface area contributed by atoms with Crippen LogP contribution < -0.4 is 16.1 Å². The van der Waals surface area contributed by atoms with E-state index in [-0.39, 0.29) is 16.4 Å². The van der Waals surface area contributed by atoms with Gasteiger partial charge >= 0.3 is 0 Å². The lowest BCUT2D eigenvalue weighted by molar-refractivity contribution is 0.205. The van der Waals surface area contributed by atoms with Gasteiger partial charge in [-0.15, -0.1) is 0 Å². The minimum atomic E-state index is -0.345. The molecule has 0 radical (unpaired) electrons. The van der Waals surface area contributed by atoms with E-state index in [1.807, 2.05) is 106 Å². The summed E-state index contributed by atoms with van der Waals surface area (Å²) < 4.78 is 6.25. The zero-order chi connectivity index (χ0) is 42.3. The fourth-order valence-electron chi connectivity index (χ4n) is 10.2. The second kappa shape index (κ2) is 14.1. The quantitative estimate of drug-likeness (QED) is 0.168. The Balaban J connectivity index is 1.15. The fraction of sp³-hybridized carbons (Fsp3) is 0.107. The monoisotopic (exact) mass is 814 g/mol. The second-order valence-corrected chi connectivity index (χ2v) is 17.3. The Morgan fingerprint density at radius 2 is 1.06 bits per heavy atom.